The van der Waals surface area contributed by atoms with E-state index in [1.165, 1.54) is 0 Å². The molecule has 0 saturated heterocycles. The number of guanidine groups is 1. The first-order valence-electron chi connectivity index (χ1n) is 9.67. The monoisotopic (exact) mass is 520 g/mol. The lowest BCUT2D eigenvalue weighted by Gasteiger charge is -2.27. The summed E-state index contributed by atoms with van der Waals surface area (Å²) in [6.45, 7) is 4.43. The molecule has 1 aliphatic rings. The fourth-order valence-corrected chi connectivity index (χ4v) is 2.97. The summed E-state index contributed by atoms with van der Waals surface area (Å²) in [6, 6.07) is 13.5. The Kier molecular flexibility index (Phi) is 7.89. The van der Waals surface area contributed by atoms with Crippen LogP contribution in [0, 0.1) is 0 Å². The Morgan fingerprint density at radius 1 is 1.17 bits per heavy atom. The molecule has 158 valence electrons. The second-order valence-corrected chi connectivity index (χ2v) is 6.55. The summed E-state index contributed by atoms with van der Waals surface area (Å²) in [6.07, 6.45) is 5.29. The Morgan fingerprint density at radius 3 is 2.83 bits per heavy atom. The van der Waals surface area contributed by atoms with Gasteiger partial charge in [-0.05, 0) is 42.8 Å². The van der Waals surface area contributed by atoms with E-state index in [1.807, 2.05) is 55.6 Å². The molecule has 1 unspecified atom stereocenters. The first-order chi connectivity index (χ1) is 14.3. The van der Waals surface area contributed by atoms with Crippen LogP contribution in [0.15, 0.2) is 66.0 Å². The molecule has 1 atom stereocenters. The van der Waals surface area contributed by atoms with E-state index >= 15 is 0 Å². The van der Waals surface area contributed by atoms with E-state index in [0.29, 0.717) is 19.7 Å². The maximum absolute atomic E-state index is 5.99. The first kappa shape index (κ1) is 21.9. The summed E-state index contributed by atoms with van der Waals surface area (Å²) in [7, 11) is 0. The Morgan fingerprint density at radius 2 is 2.03 bits per heavy atom. The van der Waals surface area contributed by atoms with Crippen LogP contribution in [0.25, 0.3) is 5.82 Å². The summed E-state index contributed by atoms with van der Waals surface area (Å²) in [4.78, 5) is 9.03. The Labute approximate surface area is 192 Å². The topological polar surface area (TPSA) is 85.6 Å². The van der Waals surface area contributed by atoms with Gasteiger partial charge in [-0.2, -0.15) is 5.10 Å². The molecule has 2 N–H and O–H groups in total. The second-order valence-electron chi connectivity index (χ2n) is 6.55. The number of hydrogen-bond acceptors (Lipinski definition) is 5. The van der Waals surface area contributed by atoms with Gasteiger partial charge in [0.15, 0.2) is 23.3 Å². The van der Waals surface area contributed by atoms with Gasteiger partial charge in [0.1, 0.15) is 12.7 Å². The van der Waals surface area contributed by atoms with Crippen molar-refractivity contribution in [2.24, 2.45) is 4.99 Å². The van der Waals surface area contributed by atoms with Crippen molar-refractivity contribution < 1.29 is 9.47 Å². The van der Waals surface area contributed by atoms with E-state index in [-0.39, 0.29) is 30.1 Å². The molecule has 9 heteroatoms. The van der Waals surface area contributed by atoms with Crippen molar-refractivity contribution in [1.82, 2.24) is 25.4 Å². The molecule has 0 spiro atoms. The summed E-state index contributed by atoms with van der Waals surface area (Å²) < 4.78 is 13.5. The highest BCUT2D eigenvalue weighted by Gasteiger charge is 2.20. The largest absolute Gasteiger partial charge is 0.486 e. The number of ether oxygens (including phenoxy) is 2. The van der Waals surface area contributed by atoms with E-state index < -0.39 is 0 Å². The van der Waals surface area contributed by atoms with Gasteiger partial charge in [-0.25, -0.2) is 14.7 Å². The summed E-state index contributed by atoms with van der Waals surface area (Å²) >= 11 is 0. The summed E-state index contributed by atoms with van der Waals surface area (Å²) in [5.74, 6) is 3.06. The normalized spacial score (nSPS) is 15.2. The zero-order valence-corrected chi connectivity index (χ0v) is 19.0. The molecule has 0 bridgehead atoms. The fourth-order valence-electron chi connectivity index (χ4n) is 2.97. The molecule has 0 aliphatic carbocycles. The van der Waals surface area contributed by atoms with E-state index in [4.69, 9.17) is 9.47 Å². The van der Waals surface area contributed by atoms with Gasteiger partial charge >= 0.3 is 0 Å². The number of halogens is 1. The molecule has 4 rings (SSSR count). The van der Waals surface area contributed by atoms with Gasteiger partial charge in [-0.3, -0.25) is 0 Å². The standard InChI is InChI=1S/C21H24N6O2.HI/c1-2-22-21(25-14-17-15-28-18-6-3-4-7-19(18)29-17)24-13-16-8-10-23-20(12-16)27-11-5-9-26-27;/h3-12,17H,2,13-15H2,1H3,(H2,22,24,25);1H. The van der Waals surface area contributed by atoms with E-state index in [0.717, 1.165) is 35.4 Å². The number of para-hydroxylation sites is 2. The molecule has 30 heavy (non-hydrogen) atoms. The van der Waals surface area contributed by atoms with Crippen molar-refractivity contribution in [3.05, 3.63) is 66.6 Å². The lowest BCUT2D eigenvalue weighted by atomic mass is 10.2. The van der Waals surface area contributed by atoms with Gasteiger partial charge in [0.25, 0.3) is 0 Å². The second kappa shape index (κ2) is 10.8. The molecule has 1 aliphatic heterocycles. The van der Waals surface area contributed by atoms with Crippen molar-refractivity contribution in [3.8, 4) is 17.3 Å². The van der Waals surface area contributed by atoms with Crippen LogP contribution < -0.4 is 20.1 Å². The molecule has 0 amide bonds. The molecular formula is C21H25IN6O2. The molecule has 2 aromatic heterocycles. The van der Waals surface area contributed by atoms with E-state index in [2.05, 4.69) is 25.7 Å². The number of aromatic nitrogens is 3. The molecule has 1 aromatic carbocycles. The highest BCUT2D eigenvalue weighted by atomic mass is 127. The summed E-state index contributed by atoms with van der Waals surface area (Å²) in [5.41, 5.74) is 1.05. The Balaban J connectivity index is 0.00000256. The zero-order valence-electron chi connectivity index (χ0n) is 16.7. The van der Waals surface area contributed by atoms with Crippen LogP contribution >= 0.6 is 24.0 Å². The number of fused-ring (bicyclic) bond motifs is 1. The molecule has 8 nitrogen and oxygen atoms in total. The van der Waals surface area contributed by atoms with Crippen LogP contribution in [0.2, 0.25) is 0 Å². The number of benzene rings is 1. The predicted molar refractivity (Wildman–Crippen MR) is 126 cm³/mol. The average Bonchev–Trinajstić information content (AvgIpc) is 3.31. The smallest absolute Gasteiger partial charge is 0.191 e. The minimum Gasteiger partial charge on any atom is -0.486 e. The van der Waals surface area contributed by atoms with Gasteiger partial charge in [-0.1, -0.05) is 12.1 Å². The van der Waals surface area contributed by atoms with Crippen molar-refractivity contribution in [1.29, 1.82) is 0 Å². The number of pyridine rings is 1. The quantitative estimate of drug-likeness (QED) is 0.296. The van der Waals surface area contributed by atoms with Crippen molar-refractivity contribution in [3.63, 3.8) is 0 Å². The van der Waals surface area contributed by atoms with Gasteiger partial charge in [0, 0.05) is 25.1 Å². The third-order valence-electron chi connectivity index (χ3n) is 4.38. The maximum atomic E-state index is 5.99. The minimum atomic E-state index is -0.0823. The molecule has 3 aromatic rings. The average molecular weight is 520 g/mol. The number of nitrogens with one attached hydrogen (secondary N) is 2. The first-order valence-corrected chi connectivity index (χ1v) is 9.67. The van der Waals surface area contributed by atoms with E-state index in [1.54, 1.807) is 17.1 Å². The lowest BCUT2D eigenvalue weighted by Crippen LogP contribution is -2.45. The van der Waals surface area contributed by atoms with Gasteiger partial charge < -0.3 is 20.1 Å². The third kappa shape index (κ3) is 5.62. The van der Waals surface area contributed by atoms with Crippen LogP contribution in [-0.4, -0.2) is 46.5 Å². The zero-order chi connectivity index (χ0) is 19.9. The predicted octanol–water partition coefficient (Wildman–Crippen LogP) is 2.78. The highest BCUT2D eigenvalue weighted by molar-refractivity contribution is 14.0. The number of hydrogen-bond donors (Lipinski definition) is 2. The van der Waals surface area contributed by atoms with E-state index in [9.17, 15) is 0 Å². The fraction of sp³-hybridized carbons (Fsp3) is 0.286. The maximum Gasteiger partial charge on any atom is 0.191 e. The highest BCUT2D eigenvalue weighted by Crippen LogP contribution is 2.30. The number of rotatable bonds is 6. The summed E-state index contributed by atoms with van der Waals surface area (Å²) in [5, 5.41) is 10.8. The van der Waals surface area contributed by atoms with Crippen LogP contribution in [-0.2, 0) is 6.54 Å². The molecule has 0 radical (unpaired) electrons. The number of nitrogens with zero attached hydrogens (tertiary/aromatic N) is 4. The third-order valence-corrected chi connectivity index (χ3v) is 4.38. The molecule has 3 heterocycles. The molecular weight excluding hydrogens is 495 g/mol. The van der Waals surface area contributed by atoms with Crippen molar-refractivity contribution in [2.75, 3.05) is 19.7 Å². The minimum absolute atomic E-state index is 0. The molecule has 0 saturated carbocycles. The lowest BCUT2D eigenvalue weighted by molar-refractivity contribution is 0.0936. The van der Waals surface area contributed by atoms with Crippen LogP contribution in [0.3, 0.4) is 0 Å². The van der Waals surface area contributed by atoms with Gasteiger partial charge in [0.2, 0.25) is 0 Å². The van der Waals surface area contributed by atoms with Crippen molar-refractivity contribution >= 4 is 29.9 Å². The van der Waals surface area contributed by atoms with Crippen LogP contribution in [0.4, 0.5) is 0 Å². The van der Waals surface area contributed by atoms with Gasteiger partial charge in [-0.15, -0.1) is 24.0 Å². The van der Waals surface area contributed by atoms with Crippen LogP contribution in [0.1, 0.15) is 12.5 Å². The SMILES string of the molecule is CCNC(=NCc1ccnc(-n2cccn2)c1)NCC1COc2ccccc2O1.I. The Hall–Kier alpha value is -2.82. The van der Waals surface area contributed by atoms with Gasteiger partial charge in [0.05, 0.1) is 13.1 Å². The van der Waals surface area contributed by atoms with Crippen molar-refractivity contribution in [2.45, 2.75) is 19.6 Å². The number of aliphatic imine (C=N–C) groups is 1. The van der Waals surface area contributed by atoms with Crippen LogP contribution in [0.5, 0.6) is 11.5 Å². The Bertz CT molecular complexity index is 964. The molecule has 0 fully saturated rings.